The van der Waals surface area contributed by atoms with E-state index < -0.39 is 12.1 Å². The van der Waals surface area contributed by atoms with Gasteiger partial charge >= 0.3 is 6.18 Å². The summed E-state index contributed by atoms with van der Waals surface area (Å²) >= 11 is 3.19. The number of nitrogens with two attached hydrogens (primary N) is 1. The third-order valence-electron chi connectivity index (χ3n) is 4.31. The Morgan fingerprint density at radius 2 is 1.81 bits per heavy atom. The SMILES string of the molecule is NC(Cc1ccc(Br)cc1F)C1CCC(C(F)(F)F)CC1. The molecule has 118 valence electrons. The van der Waals surface area contributed by atoms with Crippen LogP contribution in [0.15, 0.2) is 22.7 Å². The van der Waals surface area contributed by atoms with E-state index in [2.05, 4.69) is 15.9 Å². The topological polar surface area (TPSA) is 26.0 Å². The van der Waals surface area contributed by atoms with Crippen molar-refractivity contribution in [3.8, 4) is 0 Å². The lowest BCUT2D eigenvalue weighted by Gasteiger charge is -2.33. The van der Waals surface area contributed by atoms with Crippen molar-refractivity contribution in [3.63, 3.8) is 0 Å². The Kier molecular flexibility index (Phi) is 5.30. The summed E-state index contributed by atoms with van der Waals surface area (Å²) in [5, 5.41) is 0. The van der Waals surface area contributed by atoms with Crippen molar-refractivity contribution in [2.75, 3.05) is 0 Å². The minimum Gasteiger partial charge on any atom is -0.327 e. The van der Waals surface area contributed by atoms with Crippen LogP contribution in [0, 0.1) is 17.7 Å². The first kappa shape index (κ1) is 16.7. The van der Waals surface area contributed by atoms with E-state index in [0.717, 1.165) is 0 Å². The zero-order valence-electron chi connectivity index (χ0n) is 11.5. The quantitative estimate of drug-likeness (QED) is 0.761. The van der Waals surface area contributed by atoms with Crippen LogP contribution in [0.5, 0.6) is 0 Å². The first-order valence-electron chi connectivity index (χ1n) is 7.03. The Morgan fingerprint density at radius 1 is 1.19 bits per heavy atom. The van der Waals surface area contributed by atoms with E-state index in [1.54, 1.807) is 12.1 Å². The van der Waals surface area contributed by atoms with Crippen LogP contribution < -0.4 is 5.73 Å². The predicted molar refractivity (Wildman–Crippen MR) is 77.3 cm³/mol. The van der Waals surface area contributed by atoms with Gasteiger partial charge in [0.2, 0.25) is 0 Å². The van der Waals surface area contributed by atoms with Gasteiger partial charge in [-0.3, -0.25) is 0 Å². The average Bonchev–Trinajstić information content (AvgIpc) is 2.41. The third kappa shape index (κ3) is 4.42. The molecule has 0 spiro atoms. The Bertz CT molecular complexity index is 481. The van der Waals surface area contributed by atoms with E-state index in [4.69, 9.17) is 5.73 Å². The molecule has 0 saturated heterocycles. The first-order valence-corrected chi connectivity index (χ1v) is 7.83. The molecule has 0 amide bonds. The predicted octanol–water partition coefficient (Wildman–Crippen LogP) is 4.83. The van der Waals surface area contributed by atoms with Crippen LogP contribution in [0.1, 0.15) is 31.2 Å². The fourth-order valence-electron chi connectivity index (χ4n) is 2.98. The van der Waals surface area contributed by atoms with Crippen LogP contribution in [-0.2, 0) is 6.42 Å². The smallest absolute Gasteiger partial charge is 0.327 e. The highest BCUT2D eigenvalue weighted by Gasteiger charge is 2.42. The van der Waals surface area contributed by atoms with Gasteiger partial charge in [0.15, 0.2) is 0 Å². The van der Waals surface area contributed by atoms with Gasteiger partial charge in [-0.05, 0) is 55.7 Å². The summed E-state index contributed by atoms with van der Waals surface area (Å²) in [7, 11) is 0. The number of benzene rings is 1. The molecule has 0 aromatic heterocycles. The number of hydrogen-bond donors (Lipinski definition) is 1. The second-order valence-electron chi connectivity index (χ2n) is 5.76. The lowest BCUT2D eigenvalue weighted by Crippen LogP contribution is -2.37. The number of halogens is 5. The van der Waals surface area contributed by atoms with Gasteiger partial charge in [-0.15, -0.1) is 0 Å². The van der Waals surface area contributed by atoms with E-state index >= 15 is 0 Å². The highest BCUT2D eigenvalue weighted by molar-refractivity contribution is 9.10. The highest BCUT2D eigenvalue weighted by Crippen LogP contribution is 2.40. The van der Waals surface area contributed by atoms with E-state index in [0.29, 0.717) is 29.3 Å². The molecule has 6 heteroatoms. The van der Waals surface area contributed by atoms with Crippen molar-refractivity contribution in [2.45, 2.75) is 44.3 Å². The molecule has 0 heterocycles. The van der Waals surface area contributed by atoms with Gasteiger partial charge in [-0.2, -0.15) is 13.2 Å². The molecule has 1 aliphatic carbocycles. The second kappa shape index (κ2) is 6.65. The summed E-state index contributed by atoms with van der Waals surface area (Å²) < 4.78 is 52.3. The van der Waals surface area contributed by atoms with Gasteiger partial charge in [0.25, 0.3) is 0 Å². The van der Waals surface area contributed by atoms with Crippen LogP contribution in [-0.4, -0.2) is 12.2 Å². The van der Waals surface area contributed by atoms with Crippen molar-refractivity contribution in [1.29, 1.82) is 0 Å². The van der Waals surface area contributed by atoms with Gasteiger partial charge < -0.3 is 5.73 Å². The molecule has 0 bridgehead atoms. The maximum atomic E-state index is 13.8. The molecule has 1 atom stereocenters. The summed E-state index contributed by atoms with van der Waals surface area (Å²) in [6.45, 7) is 0. The van der Waals surface area contributed by atoms with Crippen molar-refractivity contribution in [1.82, 2.24) is 0 Å². The van der Waals surface area contributed by atoms with Crippen LogP contribution in [0.4, 0.5) is 17.6 Å². The largest absolute Gasteiger partial charge is 0.391 e. The molecule has 0 radical (unpaired) electrons. The molecule has 1 aliphatic rings. The van der Waals surface area contributed by atoms with E-state index in [9.17, 15) is 17.6 Å². The Hall–Kier alpha value is -0.620. The maximum Gasteiger partial charge on any atom is 0.391 e. The minimum absolute atomic E-state index is 0.0339. The Balaban J connectivity index is 1.92. The average molecular weight is 368 g/mol. The molecule has 21 heavy (non-hydrogen) atoms. The fraction of sp³-hybridized carbons (Fsp3) is 0.600. The maximum absolute atomic E-state index is 13.8. The van der Waals surface area contributed by atoms with Gasteiger partial charge in [0.05, 0.1) is 5.92 Å². The summed E-state index contributed by atoms with van der Waals surface area (Å²) in [6.07, 6.45) is -2.56. The monoisotopic (exact) mass is 367 g/mol. The zero-order valence-corrected chi connectivity index (χ0v) is 13.1. The van der Waals surface area contributed by atoms with Gasteiger partial charge in [-0.25, -0.2) is 4.39 Å². The zero-order chi connectivity index (χ0) is 15.6. The summed E-state index contributed by atoms with van der Waals surface area (Å²) in [5.74, 6) is -1.50. The van der Waals surface area contributed by atoms with Gasteiger partial charge in [0.1, 0.15) is 5.82 Å². The number of hydrogen-bond acceptors (Lipinski definition) is 1. The van der Waals surface area contributed by atoms with Crippen LogP contribution in [0.2, 0.25) is 0 Å². The van der Waals surface area contributed by atoms with Crippen molar-refractivity contribution in [2.24, 2.45) is 17.6 Å². The van der Waals surface area contributed by atoms with Crippen LogP contribution >= 0.6 is 15.9 Å². The molecule has 2 N–H and O–H groups in total. The van der Waals surface area contributed by atoms with Crippen molar-refractivity contribution < 1.29 is 17.6 Å². The van der Waals surface area contributed by atoms with Crippen molar-refractivity contribution >= 4 is 15.9 Å². The summed E-state index contributed by atoms with van der Waals surface area (Å²) in [5.41, 5.74) is 6.60. The molecule has 1 unspecified atom stereocenters. The fourth-order valence-corrected chi connectivity index (χ4v) is 3.32. The molecule has 1 saturated carbocycles. The molecule has 0 aliphatic heterocycles. The van der Waals surface area contributed by atoms with E-state index in [-0.39, 0.29) is 30.6 Å². The molecule has 2 rings (SSSR count). The highest BCUT2D eigenvalue weighted by atomic mass is 79.9. The van der Waals surface area contributed by atoms with Crippen LogP contribution in [0.25, 0.3) is 0 Å². The van der Waals surface area contributed by atoms with Crippen LogP contribution in [0.3, 0.4) is 0 Å². The van der Waals surface area contributed by atoms with Gasteiger partial charge in [0, 0.05) is 10.5 Å². The molecule has 1 aromatic rings. The van der Waals surface area contributed by atoms with Crippen molar-refractivity contribution in [3.05, 3.63) is 34.1 Å². The molecular weight excluding hydrogens is 350 g/mol. The number of rotatable bonds is 3. The Labute approximate surface area is 130 Å². The normalized spacial score (nSPS) is 24.9. The molecule has 1 nitrogen and oxygen atoms in total. The standard InChI is InChI=1S/C15H18BrF4N/c16-12-6-3-10(13(17)8-12)7-14(21)9-1-4-11(5-2-9)15(18,19)20/h3,6,8-9,11,14H,1-2,4-5,7,21H2. The summed E-state index contributed by atoms with van der Waals surface area (Å²) in [6, 6.07) is 4.49. The number of alkyl halides is 3. The second-order valence-corrected chi connectivity index (χ2v) is 6.67. The molecule has 1 aromatic carbocycles. The third-order valence-corrected chi connectivity index (χ3v) is 4.80. The van der Waals surface area contributed by atoms with E-state index in [1.807, 2.05) is 0 Å². The lowest BCUT2D eigenvalue weighted by molar-refractivity contribution is -0.184. The van der Waals surface area contributed by atoms with E-state index in [1.165, 1.54) is 6.07 Å². The Morgan fingerprint density at radius 3 is 2.33 bits per heavy atom. The lowest BCUT2D eigenvalue weighted by atomic mass is 9.77. The first-order chi connectivity index (χ1) is 9.77. The van der Waals surface area contributed by atoms with Gasteiger partial charge in [-0.1, -0.05) is 22.0 Å². The molecule has 1 fully saturated rings. The minimum atomic E-state index is -4.10. The molecular formula is C15H18BrF4N. The summed E-state index contributed by atoms with van der Waals surface area (Å²) in [4.78, 5) is 0.